The molecule has 0 saturated carbocycles. The minimum absolute atomic E-state index is 0.175. The van der Waals surface area contributed by atoms with Gasteiger partial charge >= 0.3 is 0 Å². The largest absolute Gasteiger partial charge is 0.378 e. The highest BCUT2D eigenvalue weighted by molar-refractivity contribution is 4.69. The van der Waals surface area contributed by atoms with Crippen LogP contribution in [0.1, 0.15) is 20.8 Å². The fraction of sp³-hybridized carbons (Fsp3) is 1.00. The van der Waals surface area contributed by atoms with Crippen molar-refractivity contribution in [2.75, 3.05) is 19.9 Å². The first-order chi connectivity index (χ1) is 5.59. The first-order valence-electron chi connectivity index (χ1n) is 4.48. The predicted octanol–water partition coefficient (Wildman–Crippen LogP) is 1.59. The van der Waals surface area contributed by atoms with Gasteiger partial charge in [-0.05, 0) is 18.8 Å². The Morgan fingerprint density at radius 1 is 1.33 bits per heavy atom. The van der Waals surface area contributed by atoms with Gasteiger partial charge in [0.15, 0.2) is 0 Å². The lowest BCUT2D eigenvalue weighted by molar-refractivity contribution is 0.0734. The smallest absolute Gasteiger partial charge is 0.113 e. The molecule has 0 amide bonds. The highest BCUT2D eigenvalue weighted by Crippen LogP contribution is 2.13. The molecular weight excluding hydrogens is 157 g/mol. The Morgan fingerprint density at radius 2 is 1.92 bits per heavy atom. The van der Waals surface area contributed by atoms with Crippen molar-refractivity contribution in [1.29, 1.82) is 0 Å². The second kappa shape index (κ2) is 6.38. The summed E-state index contributed by atoms with van der Waals surface area (Å²) in [6.45, 7) is 6.55. The molecule has 3 atom stereocenters. The summed E-state index contributed by atoms with van der Waals surface area (Å²) in [5, 5.41) is 0. The van der Waals surface area contributed by atoms with Crippen LogP contribution in [0.5, 0.6) is 0 Å². The number of ether oxygens (including phenoxy) is 1. The van der Waals surface area contributed by atoms with Crippen LogP contribution in [-0.4, -0.2) is 25.9 Å². The van der Waals surface area contributed by atoms with Gasteiger partial charge < -0.3 is 10.5 Å². The van der Waals surface area contributed by atoms with E-state index in [1.807, 2.05) is 6.92 Å². The quantitative estimate of drug-likeness (QED) is 0.625. The van der Waals surface area contributed by atoms with Gasteiger partial charge in [0.1, 0.15) is 6.67 Å². The van der Waals surface area contributed by atoms with E-state index in [1.165, 1.54) is 0 Å². The number of hydrogen-bond acceptors (Lipinski definition) is 2. The van der Waals surface area contributed by atoms with E-state index < -0.39 is 6.67 Å². The molecule has 0 heterocycles. The molecule has 0 bridgehead atoms. The van der Waals surface area contributed by atoms with Crippen molar-refractivity contribution in [3.8, 4) is 0 Å². The Morgan fingerprint density at radius 3 is 2.33 bits per heavy atom. The molecule has 12 heavy (non-hydrogen) atoms. The molecule has 3 heteroatoms. The zero-order valence-electron chi connectivity index (χ0n) is 8.22. The van der Waals surface area contributed by atoms with Gasteiger partial charge in [-0.3, -0.25) is 0 Å². The summed E-state index contributed by atoms with van der Waals surface area (Å²) in [5.41, 5.74) is 5.71. The van der Waals surface area contributed by atoms with Gasteiger partial charge in [-0.25, -0.2) is 4.39 Å². The van der Waals surface area contributed by atoms with Crippen LogP contribution in [0, 0.1) is 11.8 Å². The Bertz CT molecular complexity index is 109. The van der Waals surface area contributed by atoms with Crippen LogP contribution in [0.15, 0.2) is 0 Å². The molecule has 0 saturated heterocycles. The summed E-state index contributed by atoms with van der Waals surface area (Å²) in [6.07, 6.45) is 0. The van der Waals surface area contributed by atoms with E-state index in [2.05, 4.69) is 13.8 Å². The molecule has 0 spiro atoms. The van der Waals surface area contributed by atoms with Crippen molar-refractivity contribution in [3.05, 3.63) is 0 Å². The summed E-state index contributed by atoms with van der Waals surface area (Å²) >= 11 is 0. The van der Waals surface area contributed by atoms with Crippen LogP contribution in [0.3, 0.4) is 0 Å². The number of nitrogens with two attached hydrogens (primary N) is 1. The van der Waals surface area contributed by atoms with Gasteiger partial charge in [0.25, 0.3) is 0 Å². The third-order valence-corrected chi connectivity index (χ3v) is 2.33. The molecule has 0 rings (SSSR count). The average Bonchev–Trinajstić information content (AvgIpc) is 2.03. The topological polar surface area (TPSA) is 35.2 Å². The minimum Gasteiger partial charge on any atom is -0.378 e. The van der Waals surface area contributed by atoms with E-state index in [0.29, 0.717) is 18.4 Å². The van der Waals surface area contributed by atoms with Crippen molar-refractivity contribution in [2.24, 2.45) is 17.6 Å². The maximum Gasteiger partial charge on any atom is 0.113 e. The van der Waals surface area contributed by atoms with Crippen LogP contribution >= 0.6 is 0 Å². The lowest BCUT2D eigenvalue weighted by atomic mass is 9.91. The van der Waals surface area contributed by atoms with Crippen molar-refractivity contribution in [1.82, 2.24) is 0 Å². The second-order valence-electron chi connectivity index (χ2n) is 3.46. The summed E-state index contributed by atoms with van der Waals surface area (Å²) in [4.78, 5) is 0. The normalized spacial score (nSPS) is 18.8. The lowest BCUT2D eigenvalue weighted by Crippen LogP contribution is -2.31. The summed E-state index contributed by atoms with van der Waals surface area (Å²) < 4.78 is 16.7. The van der Waals surface area contributed by atoms with Gasteiger partial charge in [-0.2, -0.15) is 0 Å². The predicted molar refractivity (Wildman–Crippen MR) is 48.8 cm³/mol. The first kappa shape index (κ1) is 11.8. The maximum absolute atomic E-state index is 11.7. The Balaban J connectivity index is 3.49. The highest BCUT2D eigenvalue weighted by atomic mass is 19.1. The Hall–Kier alpha value is -0.150. The van der Waals surface area contributed by atoms with Gasteiger partial charge in [0.2, 0.25) is 0 Å². The van der Waals surface area contributed by atoms with E-state index in [9.17, 15) is 4.39 Å². The third kappa shape index (κ3) is 4.67. The highest BCUT2D eigenvalue weighted by Gasteiger charge is 2.15. The zero-order chi connectivity index (χ0) is 9.56. The molecule has 0 aromatic carbocycles. The van der Waals surface area contributed by atoms with Gasteiger partial charge in [-0.1, -0.05) is 13.8 Å². The Labute approximate surface area is 74.3 Å². The zero-order valence-corrected chi connectivity index (χ0v) is 8.22. The van der Waals surface area contributed by atoms with Crippen molar-refractivity contribution in [3.63, 3.8) is 0 Å². The number of alkyl halides is 1. The van der Waals surface area contributed by atoms with E-state index in [1.54, 1.807) is 0 Å². The molecule has 0 radical (unpaired) electrons. The molecule has 74 valence electrons. The molecule has 2 N–H and O–H groups in total. The fourth-order valence-corrected chi connectivity index (χ4v) is 0.994. The number of hydrogen-bond donors (Lipinski definition) is 1. The summed E-state index contributed by atoms with van der Waals surface area (Å²) in [6, 6.07) is 0.175. The third-order valence-electron chi connectivity index (χ3n) is 2.33. The Kier molecular flexibility index (Phi) is 6.30. The standard InChI is InChI=1S/C9H20FNO/c1-7(6-12-5-4-10)8(2)9(3)11/h7-9H,4-6,11H2,1-3H3. The summed E-state index contributed by atoms with van der Waals surface area (Å²) in [5.74, 6) is 0.821. The minimum atomic E-state index is -0.403. The average molecular weight is 177 g/mol. The summed E-state index contributed by atoms with van der Waals surface area (Å²) in [7, 11) is 0. The van der Waals surface area contributed by atoms with Gasteiger partial charge in [0, 0.05) is 12.6 Å². The second-order valence-corrected chi connectivity index (χ2v) is 3.46. The lowest BCUT2D eigenvalue weighted by Gasteiger charge is -2.22. The first-order valence-corrected chi connectivity index (χ1v) is 4.48. The molecule has 0 aliphatic rings. The van der Waals surface area contributed by atoms with E-state index >= 15 is 0 Å². The van der Waals surface area contributed by atoms with E-state index in [-0.39, 0.29) is 12.6 Å². The molecular formula is C9H20FNO. The molecule has 0 aliphatic heterocycles. The van der Waals surface area contributed by atoms with Crippen LogP contribution in [-0.2, 0) is 4.74 Å². The SMILES string of the molecule is CC(N)C(C)C(C)COCCF. The fourth-order valence-electron chi connectivity index (χ4n) is 0.994. The van der Waals surface area contributed by atoms with Crippen molar-refractivity contribution in [2.45, 2.75) is 26.8 Å². The molecule has 2 nitrogen and oxygen atoms in total. The molecule has 0 aromatic rings. The number of halogens is 1. The van der Waals surface area contributed by atoms with E-state index in [4.69, 9.17) is 10.5 Å². The van der Waals surface area contributed by atoms with Crippen molar-refractivity contribution >= 4 is 0 Å². The van der Waals surface area contributed by atoms with E-state index in [0.717, 1.165) is 0 Å². The monoisotopic (exact) mass is 177 g/mol. The molecule has 0 aliphatic carbocycles. The van der Waals surface area contributed by atoms with Crippen LogP contribution in [0.2, 0.25) is 0 Å². The molecule has 3 unspecified atom stereocenters. The van der Waals surface area contributed by atoms with Crippen LogP contribution < -0.4 is 5.73 Å². The van der Waals surface area contributed by atoms with Crippen LogP contribution in [0.4, 0.5) is 4.39 Å². The number of rotatable bonds is 6. The van der Waals surface area contributed by atoms with Gasteiger partial charge in [-0.15, -0.1) is 0 Å². The molecule has 0 aromatic heterocycles. The van der Waals surface area contributed by atoms with Crippen LogP contribution in [0.25, 0.3) is 0 Å². The molecule has 0 fully saturated rings. The van der Waals surface area contributed by atoms with Crippen molar-refractivity contribution < 1.29 is 9.13 Å². The van der Waals surface area contributed by atoms with Gasteiger partial charge in [0.05, 0.1) is 6.61 Å². The maximum atomic E-state index is 11.7.